The highest BCUT2D eigenvalue weighted by Crippen LogP contribution is 2.36. The summed E-state index contributed by atoms with van der Waals surface area (Å²) < 4.78 is 3.14. The van der Waals surface area contributed by atoms with Gasteiger partial charge in [-0.3, -0.25) is 0 Å². The number of aromatic nitrogens is 2. The summed E-state index contributed by atoms with van der Waals surface area (Å²) in [7, 11) is 0. The summed E-state index contributed by atoms with van der Waals surface area (Å²) >= 11 is 10.6. The van der Waals surface area contributed by atoms with Crippen molar-refractivity contribution in [3.05, 3.63) is 34.8 Å². The summed E-state index contributed by atoms with van der Waals surface area (Å²) in [6, 6.07) is 8.11. The molecule has 0 saturated heterocycles. The first-order valence-corrected chi connectivity index (χ1v) is 7.35. The van der Waals surface area contributed by atoms with Gasteiger partial charge in [0, 0.05) is 5.38 Å². The fourth-order valence-corrected chi connectivity index (χ4v) is 4.51. The van der Waals surface area contributed by atoms with Gasteiger partial charge in [0.25, 0.3) is 0 Å². The van der Waals surface area contributed by atoms with Crippen molar-refractivity contribution < 1.29 is 0 Å². The molecular formula is C10H5ClN2S3. The maximum atomic E-state index is 5.77. The topological polar surface area (TPSA) is 25.8 Å². The van der Waals surface area contributed by atoms with E-state index < -0.39 is 0 Å². The van der Waals surface area contributed by atoms with E-state index in [0.717, 1.165) is 14.2 Å². The van der Waals surface area contributed by atoms with E-state index in [2.05, 4.69) is 16.0 Å². The van der Waals surface area contributed by atoms with Crippen LogP contribution in [-0.2, 0) is 0 Å². The SMILES string of the molecule is Clc1csc(Sc2nc3ccccc3s2)n1. The zero-order chi connectivity index (χ0) is 11.0. The molecule has 0 atom stereocenters. The van der Waals surface area contributed by atoms with Crippen LogP contribution in [0.2, 0.25) is 5.15 Å². The van der Waals surface area contributed by atoms with Gasteiger partial charge in [-0.05, 0) is 23.9 Å². The second-order valence-corrected chi connectivity index (χ2v) is 6.76. The Balaban J connectivity index is 1.95. The third-order valence-electron chi connectivity index (χ3n) is 1.90. The highest BCUT2D eigenvalue weighted by Gasteiger charge is 2.07. The van der Waals surface area contributed by atoms with Gasteiger partial charge in [0.05, 0.1) is 10.2 Å². The maximum absolute atomic E-state index is 5.77. The minimum absolute atomic E-state index is 0.550. The lowest BCUT2D eigenvalue weighted by Gasteiger charge is -1.87. The number of hydrogen-bond acceptors (Lipinski definition) is 5. The number of benzene rings is 1. The van der Waals surface area contributed by atoms with Crippen LogP contribution in [0.25, 0.3) is 10.2 Å². The van der Waals surface area contributed by atoms with Gasteiger partial charge in [0.15, 0.2) is 8.68 Å². The monoisotopic (exact) mass is 284 g/mol. The molecule has 0 unspecified atom stereocenters. The Bertz CT molecular complexity index is 599. The van der Waals surface area contributed by atoms with Crippen LogP contribution in [0, 0.1) is 0 Å². The van der Waals surface area contributed by atoms with Crippen molar-refractivity contribution in [1.29, 1.82) is 0 Å². The largest absolute Gasteiger partial charge is 0.229 e. The van der Waals surface area contributed by atoms with Crippen molar-refractivity contribution in [3.63, 3.8) is 0 Å². The predicted octanol–water partition coefficient (Wildman–Crippen LogP) is 4.56. The summed E-state index contributed by atoms with van der Waals surface area (Å²) in [6.07, 6.45) is 0. The van der Waals surface area contributed by atoms with Crippen molar-refractivity contribution in [2.24, 2.45) is 0 Å². The second kappa shape index (κ2) is 4.33. The summed E-state index contributed by atoms with van der Waals surface area (Å²) in [5, 5.41) is 2.38. The van der Waals surface area contributed by atoms with E-state index in [1.54, 1.807) is 34.4 Å². The van der Waals surface area contributed by atoms with E-state index in [1.165, 1.54) is 4.70 Å². The first-order chi connectivity index (χ1) is 7.81. The van der Waals surface area contributed by atoms with Gasteiger partial charge in [0.1, 0.15) is 5.15 Å². The smallest absolute Gasteiger partial charge is 0.158 e. The lowest BCUT2D eigenvalue weighted by Crippen LogP contribution is -1.69. The fraction of sp³-hybridized carbons (Fsp3) is 0. The van der Waals surface area contributed by atoms with E-state index >= 15 is 0 Å². The van der Waals surface area contributed by atoms with Crippen LogP contribution in [0.4, 0.5) is 0 Å². The molecule has 0 aliphatic carbocycles. The van der Waals surface area contributed by atoms with Crippen molar-refractivity contribution >= 4 is 56.3 Å². The normalized spacial score (nSPS) is 11.1. The zero-order valence-corrected chi connectivity index (χ0v) is 11.1. The molecule has 0 aliphatic heterocycles. The minimum atomic E-state index is 0.550. The average Bonchev–Trinajstić information content (AvgIpc) is 2.84. The molecule has 3 aromatic rings. The van der Waals surface area contributed by atoms with Crippen LogP contribution in [0.5, 0.6) is 0 Å². The molecule has 6 heteroatoms. The third-order valence-corrected chi connectivity index (χ3v) is 5.26. The molecule has 2 nitrogen and oxygen atoms in total. The highest BCUT2D eigenvalue weighted by atomic mass is 35.5. The summed E-state index contributed by atoms with van der Waals surface area (Å²) in [5.41, 5.74) is 1.04. The van der Waals surface area contributed by atoms with Gasteiger partial charge in [-0.1, -0.05) is 23.7 Å². The van der Waals surface area contributed by atoms with Gasteiger partial charge < -0.3 is 0 Å². The summed E-state index contributed by atoms with van der Waals surface area (Å²) in [6.45, 7) is 0. The quantitative estimate of drug-likeness (QED) is 0.690. The molecule has 0 amide bonds. The zero-order valence-electron chi connectivity index (χ0n) is 7.88. The summed E-state index contributed by atoms with van der Waals surface area (Å²) in [5.74, 6) is 0. The Hall–Kier alpha value is -0.620. The number of thiazole rings is 2. The van der Waals surface area contributed by atoms with Gasteiger partial charge in [0.2, 0.25) is 0 Å². The first-order valence-electron chi connectivity index (χ1n) is 4.46. The number of rotatable bonds is 2. The lowest BCUT2D eigenvalue weighted by molar-refractivity contribution is 1.23. The van der Waals surface area contributed by atoms with Crippen molar-refractivity contribution in [2.75, 3.05) is 0 Å². The molecule has 2 aromatic heterocycles. The Morgan fingerprint density at radius 2 is 2.00 bits per heavy atom. The minimum Gasteiger partial charge on any atom is -0.229 e. The van der Waals surface area contributed by atoms with Crippen LogP contribution in [0.15, 0.2) is 38.3 Å². The van der Waals surface area contributed by atoms with E-state index in [-0.39, 0.29) is 0 Å². The van der Waals surface area contributed by atoms with Crippen LogP contribution in [0.1, 0.15) is 0 Å². The number of para-hydroxylation sites is 1. The van der Waals surface area contributed by atoms with Crippen LogP contribution in [-0.4, -0.2) is 9.97 Å². The first kappa shape index (κ1) is 10.5. The standard InChI is InChI=1S/C10H5ClN2S3/c11-8-5-14-9(13-8)16-10-12-6-3-1-2-4-7(6)15-10/h1-5H. The molecule has 0 N–H and O–H groups in total. The molecule has 0 radical (unpaired) electrons. The maximum Gasteiger partial charge on any atom is 0.158 e. The van der Waals surface area contributed by atoms with E-state index in [1.807, 2.05) is 23.6 Å². The van der Waals surface area contributed by atoms with Gasteiger partial charge >= 0.3 is 0 Å². The van der Waals surface area contributed by atoms with Crippen molar-refractivity contribution in [1.82, 2.24) is 9.97 Å². The molecule has 0 fully saturated rings. The van der Waals surface area contributed by atoms with Gasteiger partial charge in [-0.2, -0.15) is 0 Å². The molecule has 1 aromatic carbocycles. The lowest BCUT2D eigenvalue weighted by atomic mass is 10.3. The second-order valence-electron chi connectivity index (χ2n) is 2.99. The molecule has 80 valence electrons. The van der Waals surface area contributed by atoms with Crippen LogP contribution >= 0.6 is 46.0 Å². The molecule has 3 rings (SSSR count). The predicted molar refractivity (Wildman–Crippen MR) is 70.9 cm³/mol. The van der Waals surface area contributed by atoms with E-state index in [0.29, 0.717) is 5.15 Å². The Morgan fingerprint density at radius 1 is 1.12 bits per heavy atom. The molecule has 2 heterocycles. The third kappa shape index (κ3) is 2.08. The Labute approximate surface area is 109 Å². The fourth-order valence-electron chi connectivity index (χ4n) is 1.26. The Kier molecular flexibility index (Phi) is 2.85. The van der Waals surface area contributed by atoms with Crippen LogP contribution in [0.3, 0.4) is 0 Å². The number of fused-ring (bicyclic) bond motifs is 1. The number of halogens is 1. The van der Waals surface area contributed by atoms with E-state index in [4.69, 9.17) is 11.6 Å². The highest BCUT2D eigenvalue weighted by molar-refractivity contribution is 8.02. The molecule has 0 saturated carbocycles. The molecule has 0 spiro atoms. The van der Waals surface area contributed by atoms with Crippen LogP contribution < -0.4 is 0 Å². The molecule has 16 heavy (non-hydrogen) atoms. The molecular weight excluding hydrogens is 280 g/mol. The molecule has 0 bridgehead atoms. The van der Waals surface area contributed by atoms with Crippen molar-refractivity contribution in [2.45, 2.75) is 8.68 Å². The number of hydrogen-bond donors (Lipinski definition) is 0. The van der Waals surface area contributed by atoms with Gasteiger partial charge in [-0.25, -0.2) is 9.97 Å². The van der Waals surface area contributed by atoms with E-state index in [9.17, 15) is 0 Å². The molecule has 0 aliphatic rings. The van der Waals surface area contributed by atoms with Crippen molar-refractivity contribution in [3.8, 4) is 0 Å². The Morgan fingerprint density at radius 3 is 2.75 bits per heavy atom. The van der Waals surface area contributed by atoms with Gasteiger partial charge in [-0.15, -0.1) is 22.7 Å². The average molecular weight is 285 g/mol. The number of nitrogens with zero attached hydrogens (tertiary/aromatic N) is 2. The summed E-state index contributed by atoms with van der Waals surface area (Å²) in [4.78, 5) is 8.71.